The molecule has 0 radical (unpaired) electrons. The molecular formula is C29H36O4. The molecule has 3 fully saturated rings. The van der Waals surface area contributed by atoms with Gasteiger partial charge in [0.05, 0.1) is 18.8 Å². The van der Waals surface area contributed by atoms with Crippen LogP contribution in [0.2, 0.25) is 0 Å². The summed E-state index contributed by atoms with van der Waals surface area (Å²) < 4.78 is 18.2. The highest BCUT2D eigenvalue weighted by Crippen LogP contribution is 2.66. The Hall–Kier alpha value is -2.17. The molecule has 4 heteroatoms. The van der Waals surface area contributed by atoms with Gasteiger partial charge in [0.2, 0.25) is 0 Å². The average Bonchev–Trinajstić information content (AvgIpc) is 3.46. The lowest BCUT2D eigenvalue weighted by Gasteiger charge is -2.52. The first-order valence-corrected chi connectivity index (χ1v) is 12.8. The standard InChI is InChI=1S/C27H30O4.C2H6/c1-26-13-11-22-21-10-8-20(31-25(28)18-5-3-2-4-6-18)17-19(21)7-9-23(22)24(26)12-14-27(26)29-15-16-30-27;1-2/h2-6,8,10,17,22-24H,7,9,11-16H2,1H3;1-2H3. The maximum atomic E-state index is 12.4. The summed E-state index contributed by atoms with van der Waals surface area (Å²) in [6, 6.07) is 15.5. The zero-order chi connectivity index (χ0) is 23.1. The van der Waals surface area contributed by atoms with Gasteiger partial charge in [0, 0.05) is 11.8 Å². The minimum atomic E-state index is -0.335. The number of carbonyl (C=O) groups is 1. The van der Waals surface area contributed by atoms with E-state index in [1.165, 1.54) is 30.4 Å². The summed E-state index contributed by atoms with van der Waals surface area (Å²) in [7, 11) is 0. The van der Waals surface area contributed by atoms with E-state index in [4.69, 9.17) is 14.2 Å². The number of ether oxygens (including phenoxy) is 3. The molecule has 6 rings (SSSR count). The van der Waals surface area contributed by atoms with Crippen LogP contribution in [-0.4, -0.2) is 25.0 Å². The second-order valence-electron chi connectivity index (χ2n) is 9.98. The zero-order valence-electron chi connectivity index (χ0n) is 20.1. The number of benzene rings is 2. The van der Waals surface area contributed by atoms with Crippen LogP contribution in [0.3, 0.4) is 0 Å². The summed E-state index contributed by atoms with van der Waals surface area (Å²) in [4.78, 5) is 12.4. The van der Waals surface area contributed by atoms with Crippen LogP contribution in [0.25, 0.3) is 0 Å². The Kier molecular flexibility index (Phi) is 6.09. The number of hydrogen-bond donors (Lipinski definition) is 0. The molecule has 33 heavy (non-hydrogen) atoms. The van der Waals surface area contributed by atoms with Crippen LogP contribution in [0.15, 0.2) is 48.5 Å². The summed E-state index contributed by atoms with van der Waals surface area (Å²) in [5.74, 6) is 1.97. The topological polar surface area (TPSA) is 44.8 Å². The highest BCUT2D eigenvalue weighted by Gasteiger charge is 2.64. The minimum absolute atomic E-state index is 0.132. The number of rotatable bonds is 2. The van der Waals surface area contributed by atoms with Gasteiger partial charge in [-0.2, -0.15) is 0 Å². The van der Waals surface area contributed by atoms with Gasteiger partial charge in [-0.25, -0.2) is 4.79 Å². The van der Waals surface area contributed by atoms with E-state index in [1.54, 1.807) is 12.1 Å². The molecule has 2 saturated carbocycles. The zero-order valence-corrected chi connectivity index (χ0v) is 20.1. The van der Waals surface area contributed by atoms with Crippen molar-refractivity contribution in [3.63, 3.8) is 0 Å². The number of fused-ring (bicyclic) bond motifs is 6. The predicted octanol–water partition coefficient (Wildman–Crippen LogP) is 6.53. The van der Waals surface area contributed by atoms with Crippen molar-refractivity contribution in [2.75, 3.05) is 13.2 Å². The monoisotopic (exact) mass is 448 g/mol. The van der Waals surface area contributed by atoms with E-state index in [-0.39, 0.29) is 17.2 Å². The molecule has 0 aromatic heterocycles. The van der Waals surface area contributed by atoms with Gasteiger partial charge in [0.1, 0.15) is 5.75 Å². The molecular weight excluding hydrogens is 412 g/mol. The van der Waals surface area contributed by atoms with Crippen LogP contribution in [0, 0.1) is 17.3 Å². The van der Waals surface area contributed by atoms with Crippen LogP contribution >= 0.6 is 0 Å². The van der Waals surface area contributed by atoms with Gasteiger partial charge < -0.3 is 14.2 Å². The van der Waals surface area contributed by atoms with Crippen molar-refractivity contribution in [1.82, 2.24) is 0 Å². The summed E-state index contributed by atoms with van der Waals surface area (Å²) >= 11 is 0. The quantitative estimate of drug-likeness (QED) is 0.387. The van der Waals surface area contributed by atoms with Crippen molar-refractivity contribution >= 4 is 5.97 Å². The van der Waals surface area contributed by atoms with Crippen molar-refractivity contribution in [3.05, 3.63) is 65.2 Å². The molecule has 4 aliphatic rings. The van der Waals surface area contributed by atoms with E-state index < -0.39 is 0 Å². The molecule has 176 valence electrons. The lowest BCUT2D eigenvalue weighted by Crippen LogP contribution is -2.51. The van der Waals surface area contributed by atoms with E-state index in [2.05, 4.69) is 19.1 Å². The second kappa shape index (κ2) is 8.88. The molecule has 2 aromatic rings. The highest BCUT2D eigenvalue weighted by molar-refractivity contribution is 5.91. The summed E-state index contributed by atoms with van der Waals surface area (Å²) in [5.41, 5.74) is 3.53. The fourth-order valence-corrected chi connectivity index (χ4v) is 7.25. The number of esters is 1. The fraction of sp³-hybridized carbons (Fsp3) is 0.552. The second-order valence-corrected chi connectivity index (χ2v) is 9.98. The molecule has 4 atom stereocenters. The van der Waals surface area contributed by atoms with Crippen LogP contribution < -0.4 is 4.74 Å². The van der Waals surface area contributed by atoms with Gasteiger partial charge in [0.15, 0.2) is 5.79 Å². The third-order valence-corrected chi connectivity index (χ3v) is 8.72. The highest BCUT2D eigenvalue weighted by atomic mass is 16.7. The maximum Gasteiger partial charge on any atom is 0.343 e. The Bertz CT molecular complexity index is 994. The van der Waals surface area contributed by atoms with Gasteiger partial charge in [0.25, 0.3) is 0 Å². The number of hydrogen-bond acceptors (Lipinski definition) is 4. The Balaban J connectivity index is 0.00000111. The Labute approximate surface area is 197 Å². The third-order valence-electron chi connectivity index (χ3n) is 8.72. The summed E-state index contributed by atoms with van der Waals surface area (Å²) in [6.07, 6.45) is 6.84. The molecule has 4 nitrogen and oxygen atoms in total. The molecule has 4 unspecified atom stereocenters. The van der Waals surface area contributed by atoms with Crippen LogP contribution in [0.4, 0.5) is 0 Å². The SMILES string of the molecule is CC.CC12CCC3c4ccc(OC(=O)c5ccccc5)cc4CCC3C1CCC21OCCO1. The van der Waals surface area contributed by atoms with E-state index >= 15 is 0 Å². The summed E-state index contributed by atoms with van der Waals surface area (Å²) in [6.45, 7) is 7.90. The maximum absolute atomic E-state index is 12.4. The molecule has 1 aliphatic heterocycles. The van der Waals surface area contributed by atoms with Crippen molar-refractivity contribution in [2.45, 2.75) is 71.0 Å². The molecule has 1 heterocycles. The van der Waals surface area contributed by atoms with Gasteiger partial charge in [-0.1, -0.05) is 45.0 Å². The lowest BCUT2D eigenvalue weighted by atomic mass is 9.55. The summed E-state index contributed by atoms with van der Waals surface area (Å²) in [5, 5.41) is 0. The number of carbonyl (C=O) groups excluding carboxylic acids is 1. The van der Waals surface area contributed by atoms with Crippen molar-refractivity contribution in [2.24, 2.45) is 17.3 Å². The average molecular weight is 449 g/mol. The van der Waals surface area contributed by atoms with E-state index in [1.807, 2.05) is 38.1 Å². The number of aryl methyl sites for hydroxylation is 1. The first-order valence-electron chi connectivity index (χ1n) is 12.8. The van der Waals surface area contributed by atoms with Crippen molar-refractivity contribution in [3.8, 4) is 5.75 Å². The van der Waals surface area contributed by atoms with Crippen LogP contribution in [-0.2, 0) is 15.9 Å². The minimum Gasteiger partial charge on any atom is -0.423 e. The van der Waals surface area contributed by atoms with Crippen LogP contribution in [0.1, 0.15) is 80.3 Å². The Morgan fingerprint density at radius 3 is 2.48 bits per heavy atom. The van der Waals surface area contributed by atoms with Crippen molar-refractivity contribution in [1.29, 1.82) is 0 Å². The van der Waals surface area contributed by atoms with Crippen molar-refractivity contribution < 1.29 is 19.0 Å². The van der Waals surface area contributed by atoms with Gasteiger partial charge >= 0.3 is 5.97 Å². The van der Waals surface area contributed by atoms with E-state index in [0.29, 0.717) is 29.1 Å². The Morgan fingerprint density at radius 2 is 1.73 bits per heavy atom. The molecule has 0 amide bonds. The first kappa shape index (κ1) is 22.6. The van der Waals surface area contributed by atoms with E-state index in [9.17, 15) is 4.79 Å². The molecule has 0 bridgehead atoms. The first-order chi connectivity index (χ1) is 16.1. The van der Waals surface area contributed by atoms with Gasteiger partial charge in [-0.3, -0.25) is 0 Å². The normalized spacial score (nSPS) is 31.1. The fourth-order valence-electron chi connectivity index (χ4n) is 7.25. The largest absolute Gasteiger partial charge is 0.423 e. The molecule has 0 N–H and O–H groups in total. The van der Waals surface area contributed by atoms with Gasteiger partial charge in [-0.15, -0.1) is 0 Å². The Morgan fingerprint density at radius 1 is 0.970 bits per heavy atom. The third kappa shape index (κ3) is 3.63. The molecule has 1 saturated heterocycles. The molecule has 3 aliphatic carbocycles. The van der Waals surface area contributed by atoms with E-state index in [0.717, 1.165) is 32.5 Å². The molecule has 1 spiro atoms. The smallest absolute Gasteiger partial charge is 0.343 e. The van der Waals surface area contributed by atoms with Gasteiger partial charge in [-0.05, 0) is 85.3 Å². The lowest BCUT2D eigenvalue weighted by molar-refractivity contribution is -0.237. The molecule has 2 aromatic carbocycles. The predicted molar refractivity (Wildman–Crippen MR) is 128 cm³/mol. The van der Waals surface area contributed by atoms with Crippen LogP contribution in [0.5, 0.6) is 5.75 Å².